The summed E-state index contributed by atoms with van der Waals surface area (Å²) in [5.41, 5.74) is 1.56. The van der Waals surface area contributed by atoms with Crippen molar-refractivity contribution in [2.45, 2.75) is 38.0 Å². The number of hydrogen-bond donors (Lipinski definition) is 2. The number of aliphatic hydroxyl groups excluding tert-OH is 1. The highest BCUT2D eigenvalue weighted by molar-refractivity contribution is 7.89. The first-order valence-electron chi connectivity index (χ1n) is 14.5. The number of aliphatic hydroxyl groups is 1. The Morgan fingerprint density at radius 3 is 2.62 bits per heavy atom. The fourth-order valence-electron chi connectivity index (χ4n) is 4.88. The number of benzene rings is 1. The Kier molecular flexibility index (Phi) is 11.5. The molecule has 1 aliphatic rings. The van der Waals surface area contributed by atoms with Gasteiger partial charge in [-0.05, 0) is 31.0 Å². The molecule has 3 heterocycles. The fourth-order valence-corrected chi connectivity index (χ4v) is 6.33. The van der Waals surface area contributed by atoms with E-state index in [-0.39, 0.29) is 49.2 Å². The first kappa shape index (κ1) is 32.0. The molecular formula is C28H42N6O7S. The van der Waals surface area contributed by atoms with Crippen molar-refractivity contribution in [2.75, 3.05) is 72.4 Å². The van der Waals surface area contributed by atoms with Crippen LogP contribution >= 0.6 is 0 Å². The molecule has 0 amide bonds. The van der Waals surface area contributed by atoms with E-state index in [0.717, 1.165) is 25.9 Å². The van der Waals surface area contributed by atoms with Gasteiger partial charge in [0.25, 0.3) is 5.56 Å². The fraction of sp³-hybridized carbons (Fsp3) is 0.607. The number of sulfonamides is 1. The van der Waals surface area contributed by atoms with Crippen molar-refractivity contribution < 1.29 is 27.7 Å². The molecule has 4 rings (SSSR count). The Bertz CT molecular complexity index is 1480. The van der Waals surface area contributed by atoms with Crippen LogP contribution in [-0.4, -0.2) is 115 Å². The van der Waals surface area contributed by atoms with Crippen molar-refractivity contribution in [3.63, 3.8) is 0 Å². The van der Waals surface area contributed by atoms with Crippen molar-refractivity contribution in [2.24, 2.45) is 7.05 Å². The highest BCUT2D eigenvalue weighted by atomic mass is 32.2. The smallest absolute Gasteiger partial charge is 0.277 e. The third-order valence-electron chi connectivity index (χ3n) is 7.04. The first-order valence-corrected chi connectivity index (χ1v) is 16.0. The molecule has 0 saturated carbocycles. The maximum absolute atomic E-state index is 14.0. The molecule has 0 spiro atoms. The molecule has 2 N–H and O–H groups in total. The van der Waals surface area contributed by atoms with Crippen molar-refractivity contribution >= 4 is 21.1 Å². The molecule has 1 aromatic carbocycles. The predicted octanol–water partition coefficient (Wildman–Crippen LogP) is 1.40. The molecule has 0 aliphatic carbocycles. The number of nitrogens with one attached hydrogen (secondary N) is 1. The Morgan fingerprint density at radius 2 is 1.90 bits per heavy atom. The van der Waals surface area contributed by atoms with Crippen molar-refractivity contribution in [1.82, 2.24) is 29.0 Å². The topological polar surface area (TPSA) is 152 Å². The van der Waals surface area contributed by atoms with Crippen LogP contribution in [0.15, 0.2) is 27.9 Å². The summed E-state index contributed by atoms with van der Waals surface area (Å²) in [5.74, 6) is 0.637. The van der Waals surface area contributed by atoms with Crippen LogP contribution in [0.3, 0.4) is 0 Å². The number of aromatic nitrogens is 4. The van der Waals surface area contributed by atoms with Crippen molar-refractivity contribution in [3.05, 3.63) is 34.2 Å². The maximum Gasteiger partial charge on any atom is 0.277 e. The Labute approximate surface area is 246 Å². The van der Waals surface area contributed by atoms with E-state index >= 15 is 0 Å². The zero-order chi connectivity index (χ0) is 30.1. The van der Waals surface area contributed by atoms with E-state index in [2.05, 4.69) is 15.0 Å². The van der Waals surface area contributed by atoms with Gasteiger partial charge in [-0.3, -0.25) is 14.4 Å². The molecule has 1 fully saturated rings. The Balaban J connectivity index is 1.74. The van der Waals surface area contributed by atoms with Crippen LogP contribution < -0.4 is 10.3 Å². The van der Waals surface area contributed by atoms with Gasteiger partial charge in [0, 0.05) is 39.8 Å². The lowest BCUT2D eigenvalue weighted by atomic mass is 10.1. The van der Waals surface area contributed by atoms with Gasteiger partial charge in [0.1, 0.15) is 17.1 Å². The SMILES string of the molecule is CCCOc1ccc(S(=O)(=O)N(CCOCCO)CCN2CCOCC2)cc1-c1nc2c(CCC)nn(C)c2c(=O)[nH]1. The van der Waals surface area contributed by atoms with Gasteiger partial charge < -0.3 is 24.3 Å². The molecule has 0 bridgehead atoms. The average molecular weight is 607 g/mol. The minimum atomic E-state index is -3.98. The first-order chi connectivity index (χ1) is 20.3. The molecule has 42 heavy (non-hydrogen) atoms. The Morgan fingerprint density at radius 1 is 1.12 bits per heavy atom. The number of H-pyrrole nitrogens is 1. The second kappa shape index (κ2) is 15.0. The second-order valence-electron chi connectivity index (χ2n) is 10.1. The van der Waals surface area contributed by atoms with Gasteiger partial charge in [0.05, 0.1) is 55.8 Å². The number of aromatic amines is 1. The third kappa shape index (κ3) is 7.54. The minimum absolute atomic E-state index is 0.0493. The number of fused-ring (bicyclic) bond motifs is 1. The van der Waals surface area contributed by atoms with Gasteiger partial charge in [-0.1, -0.05) is 20.3 Å². The summed E-state index contributed by atoms with van der Waals surface area (Å²) in [7, 11) is -2.28. The number of ether oxygens (including phenoxy) is 3. The summed E-state index contributed by atoms with van der Waals surface area (Å²) in [6.07, 6.45) is 2.23. The number of nitrogens with zero attached hydrogens (tertiary/aromatic N) is 5. The summed E-state index contributed by atoms with van der Waals surface area (Å²) < 4.78 is 47.8. The average Bonchev–Trinajstić information content (AvgIpc) is 3.31. The highest BCUT2D eigenvalue weighted by Gasteiger charge is 2.27. The van der Waals surface area contributed by atoms with Gasteiger partial charge in [-0.2, -0.15) is 9.40 Å². The molecule has 232 valence electrons. The van der Waals surface area contributed by atoms with E-state index in [0.29, 0.717) is 60.8 Å². The van der Waals surface area contributed by atoms with Gasteiger partial charge in [-0.15, -0.1) is 0 Å². The Hall–Kier alpha value is -2.88. The van der Waals surface area contributed by atoms with Crippen LogP contribution in [0.1, 0.15) is 32.4 Å². The largest absolute Gasteiger partial charge is 0.493 e. The molecule has 0 atom stereocenters. The van der Waals surface area contributed by atoms with Crippen LogP contribution in [0.2, 0.25) is 0 Å². The minimum Gasteiger partial charge on any atom is -0.493 e. The van der Waals surface area contributed by atoms with Crippen LogP contribution in [0.5, 0.6) is 5.75 Å². The summed E-state index contributed by atoms with van der Waals surface area (Å²) in [6, 6.07) is 4.64. The molecule has 14 heteroatoms. The number of morpholine rings is 1. The van der Waals surface area contributed by atoms with Crippen LogP contribution in [0.25, 0.3) is 22.4 Å². The number of rotatable bonds is 16. The van der Waals surface area contributed by atoms with E-state index in [9.17, 15) is 13.2 Å². The highest BCUT2D eigenvalue weighted by Crippen LogP contribution is 2.32. The monoisotopic (exact) mass is 606 g/mol. The van der Waals surface area contributed by atoms with E-state index in [1.54, 1.807) is 13.1 Å². The van der Waals surface area contributed by atoms with Crippen LogP contribution in [0, 0.1) is 0 Å². The molecule has 3 aromatic rings. The summed E-state index contributed by atoms with van der Waals surface area (Å²) in [4.78, 5) is 23.0. The van der Waals surface area contributed by atoms with Crippen LogP contribution in [0.4, 0.5) is 0 Å². The van der Waals surface area contributed by atoms with E-state index in [1.807, 2.05) is 13.8 Å². The van der Waals surface area contributed by atoms with E-state index < -0.39 is 10.0 Å². The molecule has 1 saturated heterocycles. The quantitative estimate of drug-likeness (QED) is 0.229. The van der Waals surface area contributed by atoms with Gasteiger partial charge >= 0.3 is 0 Å². The lowest BCUT2D eigenvalue weighted by Gasteiger charge is -2.29. The molecule has 1 aliphatic heterocycles. The van der Waals surface area contributed by atoms with E-state index in [1.165, 1.54) is 21.1 Å². The lowest BCUT2D eigenvalue weighted by molar-refractivity contribution is 0.0348. The zero-order valence-corrected chi connectivity index (χ0v) is 25.5. The zero-order valence-electron chi connectivity index (χ0n) is 24.7. The van der Waals surface area contributed by atoms with Gasteiger partial charge in [0.2, 0.25) is 10.0 Å². The molecule has 2 aromatic heterocycles. The standard InChI is InChI=1S/C28H42N6O7S/c1-4-6-23-25-26(32(3)31-23)28(36)30-27(29-25)22-20-21(7-8-24(22)41-15-5-2)42(37,38)34(13-18-40-19-14-35)10-9-33-11-16-39-17-12-33/h7-8,20,35H,4-6,9-19H2,1-3H3,(H,29,30,36). The molecular weight excluding hydrogens is 564 g/mol. The molecule has 0 unspecified atom stereocenters. The second-order valence-corrected chi connectivity index (χ2v) is 12.1. The number of aryl methyl sites for hydroxylation is 2. The van der Waals surface area contributed by atoms with Crippen molar-refractivity contribution in [1.29, 1.82) is 0 Å². The van der Waals surface area contributed by atoms with Gasteiger partial charge in [-0.25, -0.2) is 13.4 Å². The molecule has 13 nitrogen and oxygen atoms in total. The lowest BCUT2D eigenvalue weighted by Crippen LogP contribution is -2.44. The third-order valence-corrected chi connectivity index (χ3v) is 8.94. The van der Waals surface area contributed by atoms with Crippen molar-refractivity contribution in [3.8, 4) is 17.1 Å². The van der Waals surface area contributed by atoms with Gasteiger partial charge in [0.15, 0.2) is 5.52 Å². The summed E-state index contributed by atoms with van der Waals surface area (Å²) in [6.45, 7) is 8.14. The summed E-state index contributed by atoms with van der Waals surface area (Å²) >= 11 is 0. The van der Waals surface area contributed by atoms with E-state index in [4.69, 9.17) is 24.3 Å². The predicted molar refractivity (Wildman–Crippen MR) is 158 cm³/mol. The normalized spacial score (nSPS) is 14.7. The molecule has 0 radical (unpaired) electrons. The maximum atomic E-state index is 14.0. The summed E-state index contributed by atoms with van der Waals surface area (Å²) in [5, 5.41) is 13.6. The number of hydrogen-bond acceptors (Lipinski definition) is 10. The van der Waals surface area contributed by atoms with Crippen LogP contribution in [-0.2, 0) is 33.0 Å².